The Labute approximate surface area is 111 Å². The van der Waals surface area contributed by atoms with E-state index >= 15 is 0 Å². The Hall–Kier alpha value is -2.13. The lowest BCUT2D eigenvalue weighted by molar-refractivity contribution is -0.142. The van der Waals surface area contributed by atoms with E-state index in [1.807, 2.05) is 54.6 Å². The standard InChI is InChI=1S/C16H14O3/c17-14-10-15(18)19-16(14)13-8-6-12(7-9-13)11-4-2-1-3-5-11/h1-9,14,16-17H,10H2/t14-,16-/m1/s1. The SMILES string of the molecule is O=C1C[C@@H](O)[C@@H](c2ccc(-c3ccccc3)cc2)O1. The van der Waals surface area contributed by atoms with Crippen molar-refractivity contribution in [3.63, 3.8) is 0 Å². The monoisotopic (exact) mass is 254 g/mol. The molecule has 0 unspecified atom stereocenters. The second kappa shape index (κ2) is 4.86. The predicted octanol–water partition coefficient (Wildman–Crippen LogP) is 2.70. The second-order valence-electron chi connectivity index (χ2n) is 4.67. The topological polar surface area (TPSA) is 46.5 Å². The molecule has 0 bridgehead atoms. The van der Waals surface area contributed by atoms with Crippen molar-refractivity contribution in [1.29, 1.82) is 0 Å². The van der Waals surface area contributed by atoms with Crippen molar-refractivity contribution in [2.75, 3.05) is 0 Å². The number of cyclic esters (lactones) is 1. The molecule has 1 aliphatic heterocycles. The molecule has 3 nitrogen and oxygen atoms in total. The molecule has 2 aromatic rings. The summed E-state index contributed by atoms with van der Waals surface area (Å²) in [4.78, 5) is 11.1. The maximum Gasteiger partial charge on any atom is 0.309 e. The van der Waals surface area contributed by atoms with Crippen molar-refractivity contribution >= 4 is 5.97 Å². The minimum atomic E-state index is -0.741. The van der Waals surface area contributed by atoms with Gasteiger partial charge < -0.3 is 9.84 Å². The molecule has 96 valence electrons. The highest BCUT2D eigenvalue weighted by molar-refractivity contribution is 5.73. The third-order valence-corrected chi connectivity index (χ3v) is 3.33. The van der Waals surface area contributed by atoms with Crippen LogP contribution >= 0.6 is 0 Å². The number of aliphatic hydroxyl groups excluding tert-OH is 1. The zero-order valence-electron chi connectivity index (χ0n) is 10.3. The Bertz CT molecular complexity index is 575. The van der Waals surface area contributed by atoms with Crippen LogP contribution in [-0.2, 0) is 9.53 Å². The van der Waals surface area contributed by atoms with Gasteiger partial charge in [-0.2, -0.15) is 0 Å². The lowest BCUT2D eigenvalue weighted by atomic mass is 10.00. The van der Waals surface area contributed by atoms with Crippen LogP contribution in [0, 0.1) is 0 Å². The number of carbonyl (C=O) groups excluding carboxylic acids is 1. The molecular weight excluding hydrogens is 240 g/mol. The molecule has 3 rings (SSSR count). The van der Waals surface area contributed by atoms with Gasteiger partial charge in [0.15, 0.2) is 6.10 Å². The third-order valence-electron chi connectivity index (χ3n) is 3.33. The van der Waals surface area contributed by atoms with E-state index in [4.69, 9.17) is 4.74 Å². The molecule has 1 saturated heterocycles. The van der Waals surface area contributed by atoms with E-state index < -0.39 is 12.2 Å². The first kappa shape index (κ1) is 11.9. The van der Waals surface area contributed by atoms with Crippen LogP contribution in [0.15, 0.2) is 54.6 Å². The molecule has 0 aromatic heterocycles. The first-order chi connectivity index (χ1) is 9.24. The fourth-order valence-electron chi connectivity index (χ4n) is 2.33. The van der Waals surface area contributed by atoms with E-state index in [1.165, 1.54) is 0 Å². The van der Waals surface area contributed by atoms with Gasteiger partial charge in [-0.1, -0.05) is 54.6 Å². The molecular formula is C16H14O3. The van der Waals surface area contributed by atoms with Gasteiger partial charge in [0.1, 0.15) is 6.10 Å². The van der Waals surface area contributed by atoms with E-state index in [0.717, 1.165) is 16.7 Å². The van der Waals surface area contributed by atoms with E-state index in [9.17, 15) is 9.90 Å². The molecule has 1 heterocycles. The predicted molar refractivity (Wildman–Crippen MR) is 71.3 cm³/mol. The van der Waals surface area contributed by atoms with Crippen LogP contribution in [0.1, 0.15) is 18.1 Å². The molecule has 0 spiro atoms. The summed E-state index contributed by atoms with van der Waals surface area (Å²) in [6.07, 6.45) is -1.20. The summed E-state index contributed by atoms with van der Waals surface area (Å²) in [7, 11) is 0. The molecule has 0 saturated carbocycles. The summed E-state index contributed by atoms with van der Waals surface area (Å²) in [5.41, 5.74) is 3.07. The van der Waals surface area contributed by atoms with E-state index in [2.05, 4.69) is 0 Å². The van der Waals surface area contributed by atoms with Crippen molar-refractivity contribution in [2.45, 2.75) is 18.6 Å². The largest absolute Gasteiger partial charge is 0.455 e. The van der Waals surface area contributed by atoms with E-state index in [-0.39, 0.29) is 12.4 Å². The molecule has 19 heavy (non-hydrogen) atoms. The average Bonchev–Trinajstić information content (AvgIpc) is 2.79. The molecule has 1 N–H and O–H groups in total. The molecule has 0 amide bonds. The highest BCUT2D eigenvalue weighted by atomic mass is 16.6. The molecule has 3 heteroatoms. The lowest BCUT2D eigenvalue weighted by Gasteiger charge is -2.13. The van der Waals surface area contributed by atoms with Crippen molar-refractivity contribution in [3.8, 4) is 11.1 Å². The third kappa shape index (κ3) is 2.37. The Morgan fingerprint density at radius 3 is 2.16 bits per heavy atom. The second-order valence-corrected chi connectivity index (χ2v) is 4.67. The molecule has 2 aromatic carbocycles. The first-order valence-corrected chi connectivity index (χ1v) is 6.27. The molecule has 0 aliphatic carbocycles. The van der Waals surface area contributed by atoms with Gasteiger partial charge in [-0.05, 0) is 16.7 Å². The van der Waals surface area contributed by atoms with E-state index in [1.54, 1.807) is 0 Å². The quantitative estimate of drug-likeness (QED) is 0.838. The van der Waals surface area contributed by atoms with Gasteiger partial charge in [0.05, 0.1) is 6.42 Å². The number of carbonyl (C=O) groups is 1. The van der Waals surface area contributed by atoms with Gasteiger partial charge in [-0.3, -0.25) is 4.79 Å². The molecule has 1 fully saturated rings. The van der Waals surface area contributed by atoms with Crippen LogP contribution in [0.3, 0.4) is 0 Å². The van der Waals surface area contributed by atoms with Crippen molar-refractivity contribution < 1.29 is 14.6 Å². The number of hydrogen-bond donors (Lipinski definition) is 1. The highest BCUT2D eigenvalue weighted by Gasteiger charge is 2.34. The van der Waals surface area contributed by atoms with Crippen LogP contribution in [-0.4, -0.2) is 17.2 Å². The van der Waals surface area contributed by atoms with Crippen LogP contribution < -0.4 is 0 Å². The fraction of sp³-hybridized carbons (Fsp3) is 0.188. The maximum atomic E-state index is 11.1. The maximum absolute atomic E-state index is 11.1. The van der Waals surface area contributed by atoms with Gasteiger partial charge in [0.2, 0.25) is 0 Å². The van der Waals surface area contributed by atoms with Crippen LogP contribution in [0.2, 0.25) is 0 Å². The van der Waals surface area contributed by atoms with Gasteiger partial charge >= 0.3 is 5.97 Å². The average molecular weight is 254 g/mol. The highest BCUT2D eigenvalue weighted by Crippen LogP contribution is 2.31. The van der Waals surface area contributed by atoms with Crippen LogP contribution in [0.25, 0.3) is 11.1 Å². The summed E-state index contributed by atoms with van der Waals surface area (Å²) < 4.78 is 5.12. The molecule has 1 aliphatic rings. The zero-order chi connectivity index (χ0) is 13.2. The first-order valence-electron chi connectivity index (χ1n) is 6.27. The number of ether oxygens (including phenoxy) is 1. The van der Waals surface area contributed by atoms with Crippen LogP contribution in [0.4, 0.5) is 0 Å². The van der Waals surface area contributed by atoms with Gasteiger partial charge in [0, 0.05) is 0 Å². The van der Waals surface area contributed by atoms with Gasteiger partial charge in [-0.25, -0.2) is 0 Å². The number of hydrogen-bond acceptors (Lipinski definition) is 3. The zero-order valence-corrected chi connectivity index (χ0v) is 10.3. The van der Waals surface area contributed by atoms with Gasteiger partial charge in [-0.15, -0.1) is 0 Å². The van der Waals surface area contributed by atoms with E-state index in [0.29, 0.717) is 0 Å². The fourth-order valence-corrected chi connectivity index (χ4v) is 2.33. The Kier molecular flexibility index (Phi) is 3.05. The number of esters is 1. The summed E-state index contributed by atoms with van der Waals surface area (Å²) in [5, 5.41) is 9.75. The summed E-state index contributed by atoms with van der Waals surface area (Å²) in [5.74, 6) is -0.343. The van der Waals surface area contributed by atoms with Crippen molar-refractivity contribution in [2.24, 2.45) is 0 Å². The van der Waals surface area contributed by atoms with Gasteiger partial charge in [0.25, 0.3) is 0 Å². The minimum Gasteiger partial charge on any atom is -0.455 e. The number of aliphatic hydroxyl groups is 1. The molecule has 0 radical (unpaired) electrons. The molecule has 2 atom stereocenters. The normalized spacial score (nSPS) is 22.3. The van der Waals surface area contributed by atoms with Crippen molar-refractivity contribution in [3.05, 3.63) is 60.2 Å². The lowest BCUT2D eigenvalue weighted by Crippen LogP contribution is -2.11. The summed E-state index contributed by atoms with van der Waals surface area (Å²) in [6, 6.07) is 17.8. The smallest absolute Gasteiger partial charge is 0.309 e. The summed E-state index contributed by atoms with van der Waals surface area (Å²) in [6.45, 7) is 0. The number of benzene rings is 2. The minimum absolute atomic E-state index is 0.0745. The van der Waals surface area contributed by atoms with Crippen LogP contribution in [0.5, 0.6) is 0 Å². The van der Waals surface area contributed by atoms with Crippen molar-refractivity contribution in [1.82, 2.24) is 0 Å². The Balaban J connectivity index is 1.85. The Morgan fingerprint density at radius 2 is 1.58 bits per heavy atom. The number of rotatable bonds is 2. The Morgan fingerprint density at radius 1 is 0.947 bits per heavy atom. The summed E-state index contributed by atoms with van der Waals surface area (Å²) >= 11 is 0.